The third kappa shape index (κ3) is 2.21. The Morgan fingerprint density at radius 2 is 1.80 bits per heavy atom. The third-order valence-corrected chi connectivity index (χ3v) is 4.40. The molecule has 25 heavy (non-hydrogen) atoms. The molecule has 3 aromatic rings. The summed E-state index contributed by atoms with van der Waals surface area (Å²) in [6.07, 6.45) is 1.60. The van der Waals surface area contributed by atoms with Crippen LogP contribution in [-0.4, -0.2) is 23.1 Å². The Hall–Kier alpha value is -3.18. The number of benzene rings is 2. The van der Waals surface area contributed by atoms with E-state index in [1.165, 1.54) is 4.90 Å². The number of amides is 1. The fraction of sp³-hybridized carbons (Fsp3) is 0.100. The molecule has 1 aliphatic rings. The molecule has 0 radical (unpaired) electrons. The zero-order valence-corrected chi connectivity index (χ0v) is 13.6. The zero-order valence-electron chi connectivity index (χ0n) is 13.6. The van der Waals surface area contributed by atoms with Gasteiger partial charge in [-0.3, -0.25) is 14.7 Å². The average Bonchev–Trinajstić information content (AvgIpc) is 2.91. The minimum absolute atomic E-state index is 0.281. The summed E-state index contributed by atoms with van der Waals surface area (Å²) in [5.74, 6) is 0.285. The monoisotopic (exact) mass is 332 g/mol. The van der Waals surface area contributed by atoms with Crippen molar-refractivity contribution in [3.8, 4) is 5.75 Å². The van der Waals surface area contributed by atoms with Gasteiger partial charge in [0.1, 0.15) is 5.75 Å². The lowest BCUT2D eigenvalue weighted by Crippen LogP contribution is -2.45. The SMILES string of the molecule is COc1ccc2c(c1)C(O)(c1ccccn1)N(c1ccccc1)C2=O. The number of nitrogens with zero attached hydrogens (tertiary/aromatic N) is 2. The van der Waals surface area contributed by atoms with E-state index in [0.29, 0.717) is 28.3 Å². The first-order valence-corrected chi connectivity index (χ1v) is 7.88. The van der Waals surface area contributed by atoms with Crippen LogP contribution in [0, 0.1) is 0 Å². The first-order valence-electron chi connectivity index (χ1n) is 7.88. The van der Waals surface area contributed by atoms with E-state index in [4.69, 9.17) is 4.74 Å². The number of methoxy groups -OCH3 is 1. The second kappa shape index (κ2) is 5.72. The van der Waals surface area contributed by atoms with E-state index in [-0.39, 0.29) is 5.91 Å². The number of anilines is 1. The minimum Gasteiger partial charge on any atom is -0.497 e. The summed E-state index contributed by atoms with van der Waals surface area (Å²) in [4.78, 5) is 18.8. The molecule has 1 N–H and O–H groups in total. The highest BCUT2D eigenvalue weighted by Gasteiger charge is 2.51. The molecule has 1 amide bonds. The lowest BCUT2D eigenvalue weighted by molar-refractivity contribution is 0.0676. The summed E-state index contributed by atoms with van der Waals surface area (Å²) in [6, 6.07) is 19.4. The van der Waals surface area contributed by atoms with Gasteiger partial charge in [-0.2, -0.15) is 0 Å². The van der Waals surface area contributed by atoms with E-state index < -0.39 is 5.72 Å². The van der Waals surface area contributed by atoms with Crippen molar-refractivity contribution in [1.29, 1.82) is 0 Å². The number of rotatable bonds is 3. The van der Waals surface area contributed by atoms with Gasteiger partial charge in [0, 0.05) is 23.0 Å². The molecule has 1 aromatic heterocycles. The Balaban J connectivity index is 2.00. The lowest BCUT2D eigenvalue weighted by Gasteiger charge is -2.33. The van der Waals surface area contributed by atoms with Gasteiger partial charge in [-0.15, -0.1) is 0 Å². The molecule has 5 heteroatoms. The average molecular weight is 332 g/mol. The van der Waals surface area contributed by atoms with E-state index in [1.807, 2.05) is 18.2 Å². The van der Waals surface area contributed by atoms with Crippen molar-refractivity contribution in [3.05, 3.63) is 89.7 Å². The Labute approximate surface area is 145 Å². The van der Waals surface area contributed by atoms with Crippen LogP contribution >= 0.6 is 0 Å². The van der Waals surface area contributed by atoms with E-state index >= 15 is 0 Å². The molecule has 2 heterocycles. The largest absolute Gasteiger partial charge is 0.497 e. The Kier molecular flexibility index (Phi) is 3.51. The van der Waals surface area contributed by atoms with Crippen molar-refractivity contribution in [1.82, 2.24) is 4.98 Å². The van der Waals surface area contributed by atoms with E-state index in [0.717, 1.165) is 0 Å². The molecule has 124 valence electrons. The quantitative estimate of drug-likeness (QED) is 0.801. The van der Waals surface area contributed by atoms with E-state index in [1.54, 1.807) is 61.8 Å². The second-order valence-corrected chi connectivity index (χ2v) is 5.77. The number of aromatic nitrogens is 1. The van der Waals surface area contributed by atoms with Crippen LogP contribution in [0.5, 0.6) is 5.75 Å². The molecule has 4 rings (SSSR count). The first-order chi connectivity index (χ1) is 12.2. The van der Waals surface area contributed by atoms with Crippen molar-refractivity contribution < 1.29 is 14.6 Å². The van der Waals surface area contributed by atoms with Gasteiger partial charge in [0.2, 0.25) is 5.72 Å². The van der Waals surface area contributed by atoms with Gasteiger partial charge in [0.05, 0.1) is 12.8 Å². The van der Waals surface area contributed by atoms with Crippen LogP contribution in [0.3, 0.4) is 0 Å². The van der Waals surface area contributed by atoms with Crippen molar-refractivity contribution >= 4 is 11.6 Å². The smallest absolute Gasteiger partial charge is 0.261 e. The number of para-hydroxylation sites is 1. The number of pyridine rings is 1. The van der Waals surface area contributed by atoms with Crippen LogP contribution < -0.4 is 9.64 Å². The molecule has 0 aliphatic carbocycles. The summed E-state index contributed by atoms with van der Waals surface area (Å²) in [5.41, 5.74) is 0.149. The van der Waals surface area contributed by atoms with Crippen LogP contribution in [0.4, 0.5) is 5.69 Å². The molecular formula is C20H16N2O3. The van der Waals surface area contributed by atoms with Gasteiger partial charge < -0.3 is 9.84 Å². The van der Waals surface area contributed by atoms with Crippen LogP contribution in [0.1, 0.15) is 21.6 Å². The Morgan fingerprint density at radius 1 is 1.04 bits per heavy atom. The van der Waals surface area contributed by atoms with E-state index in [9.17, 15) is 9.90 Å². The van der Waals surface area contributed by atoms with Crippen LogP contribution in [0.2, 0.25) is 0 Å². The summed E-state index contributed by atoms with van der Waals surface area (Å²) in [7, 11) is 1.55. The summed E-state index contributed by atoms with van der Waals surface area (Å²) < 4.78 is 5.28. The normalized spacial score (nSPS) is 19.0. The predicted molar refractivity (Wildman–Crippen MR) is 93.5 cm³/mol. The number of hydrogen-bond acceptors (Lipinski definition) is 4. The number of hydrogen-bond donors (Lipinski definition) is 1. The zero-order chi connectivity index (χ0) is 17.4. The molecular weight excluding hydrogens is 316 g/mol. The maximum absolute atomic E-state index is 13.1. The van der Waals surface area contributed by atoms with Gasteiger partial charge >= 0.3 is 0 Å². The van der Waals surface area contributed by atoms with Gasteiger partial charge in [-0.25, -0.2) is 0 Å². The van der Waals surface area contributed by atoms with Gasteiger partial charge in [-0.05, 0) is 42.5 Å². The van der Waals surface area contributed by atoms with Crippen LogP contribution in [0.15, 0.2) is 72.9 Å². The molecule has 2 aromatic carbocycles. The highest BCUT2D eigenvalue weighted by Crippen LogP contribution is 2.45. The summed E-state index contributed by atoms with van der Waals surface area (Å²) in [5, 5.41) is 11.7. The van der Waals surface area contributed by atoms with Gasteiger partial charge in [-0.1, -0.05) is 24.3 Å². The molecule has 0 saturated heterocycles. The third-order valence-electron chi connectivity index (χ3n) is 4.40. The van der Waals surface area contributed by atoms with Crippen LogP contribution in [0.25, 0.3) is 0 Å². The van der Waals surface area contributed by atoms with Crippen molar-refractivity contribution in [2.45, 2.75) is 5.72 Å². The van der Waals surface area contributed by atoms with Crippen LogP contribution in [-0.2, 0) is 5.72 Å². The maximum Gasteiger partial charge on any atom is 0.261 e. The van der Waals surface area contributed by atoms with E-state index in [2.05, 4.69) is 4.98 Å². The predicted octanol–water partition coefficient (Wildman–Crippen LogP) is 2.94. The second-order valence-electron chi connectivity index (χ2n) is 5.77. The van der Waals surface area contributed by atoms with Crippen molar-refractivity contribution in [2.75, 3.05) is 12.0 Å². The number of aliphatic hydroxyl groups is 1. The number of carbonyl (C=O) groups is 1. The molecule has 0 saturated carbocycles. The highest BCUT2D eigenvalue weighted by atomic mass is 16.5. The summed E-state index contributed by atoms with van der Waals surface area (Å²) in [6.45, 7) is 0. The fourth-order valence-corrected chi connectivity index (χ4v) is 3.22. The number of fused-ring (bicyclic) bond motifs is 1. The van der Waals surface area contributed by atoms with Gasteiger partial charge in [0.15, 0.2) is 0 Å². The molecule has 0 bridgehead atoms. The molecule has 1 aliphatic heterocycles. The number of ether oxygens (including phenoxy) is 1. The number of carbonyl (C=O) groups excluding carboxylic acids is 1. The topological polar surface area (TPSA) is 62.7 Å². The first kappa shape index (κ1) is 15.4. The minimum atomic E-state index is -1.70. The molecule has 1 unspecified atom stereocenters. The fourth-order valence-electron chi connectivity index (χ4n) is 3.22. The highest BCUT2D eigenvalue weighted by molar-refractivity contribution is 6.12. The Morgan fingerprint density at radius 3 is 2.48 bits per heavy atom. The standard InChI is InChI=1S/C20H16N2O3/c1-25-15-10-11-16-17(13-15)20(24,18-9-5-6-12-21-18)22(19(16)23)14-7-3-2-4-8-14/h2-13,24H,1H3. The molecule has 0 fully saturated rings. The maximum atomic E-state index is 13.1. The molecule has 1 atom stereocenters. The summed E-state index contributed by atoms with van der Waals surface area (Å²) >= 11 is 0. The van der Waals surface area contributed by atoms with Crippen molar-refractivity contribution in [3.63, 3.8) is 0 Å². The van der Waals surface area contributed by atoms with Crippen molar-refractivity contribution in [2.24, 2.45) is 0 Å². The van der Waals surface area contributed by atoms with Gasteiger partial charge in [0.25, 0.3) is 5.91 Å². The molecule has 0 spiro atoms. The molecule has 5 nitrogen and oxygen atoms in total. The lowest BCUT2D eigenvalue weighted by atomic mass is 9.97. The Bertz CT molecular complexity index is 928.